The normalized spacial score (nSPS) is 13.4. The van der Waals surface area contributed by atoms with E-state index in [1.807, 2.05) is 0 Å². The van der Waals surface area contributed by atoms with E-state index in [-0.39, 0.29) is 11.2 Å². The lowest BCUT2D eigenvalue weighted by atomic mass is 10.1. The molecule has 2 N–H and O–H groups in total. The number of benzene rings is 1. The van der Waals surface area contributed by atoms with Gasteiger partial charge in [-0.15, -0.1) is 0 Å². The minimum Gasteiger partial charge on any atom is -0.495 e. The molecule has 0 saturated heterocycles. The lowest BCUT2D eigenvalue weighted by Gasteiger charge is -2.18. The summed E-state index contributed by atoms with van der Waals surface area (Å²) in [7, 11) is 1.47. The van der Waals surface area contributed by atoms with E-state index in [1.165, 1.54) is 24.9 Å². The molecule has 110 valence electrons. The van der Waals surface area contributed by atoms with Gasteiger partial charge in [-0.05, 0) is 30.9 Å². The molecule has 0 saturated carbocycles. The van der Waals surface area contributed by atoms with Crippen molar-refractivity contribution in [1.82, 2.24) is 5.32 Å². The van der Waals surface area contributed by atoms with Gasteiger partial charge < -0.3 is 15.2 Å². The largest absolute Gasteiger partial charge is 0.495 e. The number of rotatable bonds is 6. The second-order valence-corrected chi connectivity index (χ2v) is 5.64. The first-order valence-electron chi connectivity index (χ1n) is 5.80. The maximum absolute atomic E-state index is 11.8. The molecule has 0 aliphatic carbocycles. The van der Waals surface area contributed by atoms with E-state index in [4.69, 9.17) is 16.3 Å². The zero-order chi connectivity index (χ0) is 15.3. The van der Waals surface area contributed by atoms with E-state index < -0.39 is 12.0 Å². The Balaban J connectivity index is 3.00. The second kappa shape index (κ2) is 7.40. The minimum atomic E-state index is -1.15. The number of carbonyl (C=O) groups is 2. The number of methoxy groups -OCH3 is 1. The SMILES string of the molecule is COc1ccc(C(NC(=O)C(C)SC)C(=O)O)cc1Cl. The van der Waals surface area contributed by atoms with E-state index in [9.17, 15) is 14.7 Å². The van der Waals surface area contributed by atoms with Gasteiger partial charge in [0, 0.05) is 0 Å². The summed E-state index contributed by atoms with van der Waals surface area (Å²) in [6.45, 7) is 1.71. The summed E-state index contributed by atoms with van der Waals surface area (Å²) >= 11 is 7.31. The molecule has 1 aromatic rings. The number of aliphatic carboxylic acids is 1. The predicted octanol–water partition coefficient (Wildman–Crippen LogP) is 2.34. The van der Waals surface area contributed by atoms with Gasteiger partial charge in [0.2, 0.25) is 5.91 Å². The monoisotopic (exact) mass is 317 g/mol. The van der Waals surface area contributed by atoms with Crippen LogP contribution in [0.1, 0.15) is 18.5 Å². The number of hydrogen-bond acceptors (Lipinski definition) is 4. The van der Waals surface area contributed by atoms with Crippen molar-refractivity contribution in [2.75, 3.05) is 13.4 Å². The van der Waals surface area contributed by atoms with Crippen LogP contribution in [0.5, 0.6) is 5.75 Å². The van der Waals surface area contributed by atoms with Crippen LogP contribution in [0.2, 0.25) is 5.02 Å². The molecule has 0 aliphatic heterocycles. The van der Waals surface area contributed by atoms with Gasteiger partial charge in [-0.3, -0.25) is 4.79 Å². The maximum Gasteiger partial charge on any atom is 0.330 e. The molecular formula is C13H16ClNO4S. The molecule has 20 heavy (non-hydrogen) atoms. The molecule has 0 heterocycles. The van der Waals surface area contributed by atoms with E-state index in [0.29, 0.717) is 16.3 Å². The van der Waals surface area contributed by atoms with E-state index in [2.05, 4.69) is 5.32 Å². The van der Waals surface area contributed by atoms with Gasteiger partial charge in [0.05, 0.1) is 17.4 Å². The van der Waals surface area contributed by atoms with Crippen LogP contribution >= 0.6 is 23.4 Å². The van der Waals surface area contributed by atoms with Crippen LogP contribution in [0.4, 0.5) is 0 Å². The smallest absolute Gasteiger partial charge is 0.330 e. The third-order valence-corrected chi connectivity index (χ3v) is 3.98. The first-order valence-corrected chi connectivity index (χ1v) is 7.46. The number of amides is 1. The Labute approximate surface area is 126 Å². The molecule has 0 radical (unpaired) electrons. The minimum absolute atomic E-state index is 0.295. The topological polar surface area (TPSA) is 75.6 Å². The van der Waals surface area contributed by atoms with Crippen LogP contribution in [-0.2, 0) is 9.59 Å². The van der Waals surface area contributed by atoms with Gasteiger partial charge in [-0.1, -0.05) is 17.7 Å². The lowest BCUT2D eigenvalue weighted by Crippen LogP contribution is -2.38. The molecule has 0 aliphatic rings. The Kier molecular flexibility index (Phi) is 6.16. The van der Waals surface area contributed by atoms with E-state index in [0.717, 1.165) is 0 Å². The maximum atomic E-state index is 11.8. The van der Waals surface area contributed by atoms with Gasteiger partial charge >= 0.3 is 5.97 Å². The number of hydrogen-bond donors (Lipinski definition) is 2. The van der Waals surface area contributed by atoms with Crippen molar-refractivity contribution in [3.8, 4) is 5.75 Å². The highest BCUT2D eigenvalue weighted by Crippen LogP contribution is 2.28. The standard InChI is InChI=1S/C13H16ClNO4S/c1-7(20-3)12(16)15-11(13(17)18)8-4-5-10(19-2)9(14)6-8/h4-7,11H,1-3H3,(H,15,16)(H,17,18). The van der Waals surface area contributed by atoms with Crippen LogP contribution < -0.4 is 10.1 Å². The molecule has 1 aromatic carbocycles. The highest BCUT2D eigenvalue weighted by Gasteiger charge is 2.25. The summed E-state index contributed by atoms with van der Waals surface area (Å²) < 4.78 is 5.01. The van der Waals surface area contributed by atoms with Crippen molar-refractivity contribution in [2.24, 2.45) is 0 Å². The molecule has 2 atom stereocenters. The van der Waals surface area contributed by atoms with Gasteiger partial charge in [-0.2, -0.15) is 11.8 Å². The summed E-state index contributed by atoms with van der Waals surface area (Å²) in [5.74, 6) is -1.03. The third kappa shape index (κ3) is 4.05. The van der Waals surface area contributed by atoms with Gasteiger partial charge in [0.15, 0.2) is 6.04 Å². The molecular weight excluding hydrogens is 302 g/mol. The number of carbonyl (C=O) groups excluding carboxylic acids is 1. The first kappa shape index (κ1) is 16.7. The third-order valence-electron chi connectivity index (χ3n) is 2.77. The Bertz CT molecular complexity index is 509. The van der Waals surface area contributed by atoms with Crippen molar-refractivity contribution < 1.29 is 19.4 Å². The van der Waals surface area contributed by atoms with Crippen LogP contribution in [-0.4, -0.2) is 35.6 Å². The fourth-order valence-corrected chi connectivity index (χ4v) is 2.06. The van der Waals surface area contributed by atoms with Crippen molar-refractivity contribution in [3.63, 3.8) is 0 Å². The molecule has 2 unspecified atom stereocenters. The highest BCUT2D eigenvalue weighted by molar-refractivity contribution is 7.99. The molecule has 0 bridgehead atoms. The molecule has 7 heteroatoms. The fraction of sp³-hybridized carbons (Fsp3) is 0.385. The van der Waals surface area contributed by atoms with Crippen molar-refractivity contribution in [3.05, 3.63) is 28.8 Å². The molecule has 0 spiro atoms. The quantitative estimate of drug-likeness (QED) is 0.842. The highest BCUT2D eigenvalue weighted by atomic mass is 35.5. The van der Waals surface area contributed by atoms with Crippen LogP contribution in [0.25, 0.3) is 0 Å². The van der Waals surface area contributed by atoms with Crippen molar-refractivity contribution in [2.45, 2.75) is 18.2 Å². The number of carboxylic acid groups (broad SMARTS) is 1. The lowest BCUT2D eigenvalue weighted by molar-refractivity contribution is -0.141. The average molecular weight is 318 g/mol. The molecule has 1 rings (SSSR count). The Morgan fingerprint density at radius 3 is 2.55 bits per heavy atom. The van der Waals surface area contributed by atoms with Gasteiger partial charge in [0.1, 0.15) is 5.75 Å². The van der Waals surface area contributed by atoms with Gasteiger partial charge in [-0.25, -0.2) is 4.79 Å². The molecule has 1 amide bonds. The molecule has 0 fully saturated rings. The van der Waals surface area contributed by atoms with Crippen LogP contribution in [0.15, 0.2) is 18.2 Å². The first-order chi connectivity index (χ1) is 9.40. The Hall–Kier alpha value is -1.40. The Morgan fingerprint density at radius 1 is 1.45 bits per heavy atom. The fourth-order valence-electron chi connectivity index (χ4n) is 1.52. The number of halogens is 1. The van der Waals surface area contributed by atoms with Crippen molar-refractivity contribution in [1.29, 1.82) is 0 Å². The summed E-state index contributed by atoms with van der Waals surface area (Å²) in [6, 6.07) is 3.47. The average Bonchev–Trinajstić information content (AvgIpc) is 2.43. The zero-order valence-electron chi connectivity index (χ0n) is 11.3. The van der Waals surface area contributed by atoms with E-state index >= 15 is 0 Å². The number of nitrogens with one attached hydrogen (secondary N) is 1. The molecule has 0 aromatic heterocycles. The summed E-state index contributed by atoms with van der Waals surface area (Å²) in [5.41, 5.74) is 0.393. The number of ether oxygens (including phenoxy) is 1. The van der Waals surface area contributed by atoms with Crippen LogP contribution in [0.3, 0.4) is 0 Å². The van der Waals surface area contributed by atoms with Crippen molar-refractivity contribution >= 4 is 35.2 Å². The summed E-state index contributed by atoms with van der Waals surface area (Å²) in [6.07, 6.45) is 1.78. The summed E-state index contributed by atoms with van der Waals surface area (Å²) in [4.78, 5) is 23.1. The number of carboxylic acids is 1. The van der Waals surface area contributed by atoms with Crippen LogP contribution in [0, 0.1) is 0 Å². The van der Waals surface area contributed by atoms with Gasteiger partial charge in [0.25, 0.3) is 0 Å². The summed E-state index contributed by atoms with van der Waals surface area (Å²) in [5, 5.41) is 11.7. The number of thioether (sulfide) groups is 1. The molecule has 5 nitrogen and oxygen atoms in total. The predicted molar refractivity (Wildman–Crippen MR) is 79.5 cm³/mol. The Morgan fingerprint density at radius 2 is 2.10 bits per heavy atom. The second-order valence-electron chi connectivity index (χ2n) is 4.05. The zero-order valence-corrected chi connectivity index (χ0v) is 12.9. The van der Waals surface area contributed by atoms with E-state index in [1.54, 1.807) is 25.3 Å².